The van der Waals surface area contributed by atoms with Crippen LogP contribution in [0.4, 0.5) is 5.95 Å². The fraction of sp³-hybridized carbons (Fsp3) is 0.417. The molecule has 0 saturated heterocycles. The van der Waals surface area contributed by atoms with E-state index in [-0.39, 0.29) is 0 Å². The summed E-state index contributed by atoms with van der Waals surface area (Å²) in [6.45, 7) is 5.30. The van der Waals surface area contributed by atoms with E-state index in [1.165, 1.54) is 11.3 Å². The summed E-state index contributed by atoms with van der Waals surface area (Å²) in [6, 6.07) is 4.04. The lowest BCUT2D eigenvalue weighted by Crippen LogP contribution is -2.08. The summed E-state index contributed by atoms with van der Waals surface area (Å²) < 4.78 is 6.07. The topological polar surface area (TPSA) is 59.9 Å². The van der Waals surface area contributed by atoms with Gasteiger partial charge >= 0.3 is 6.01 Å². The monoisotopic (exact) mass is 298 g/mol. The zero-order valence-corrected chi connectivity index (χ0v) is 12.4. The molecule has 0 fully saturated rings. The Balaban J connectivity index is 2.33. The molecule has 19 heavy (non-hydrogen) atoms. The highest BCUT2D eigenvalue weighted by Crippen LogP contribution is 2.29. The fourth-order valence-corrected chi connectivity index (χ4v) is 2.39. The molecule has 2 heterocycles. The molecule has 0 aromatic carbocycles. The van der Waals surface area contributed by atoms with Crippen LogP contribution in [0.5, 0.6) is 6.01 Å². The SMILES string of the molecule is CCCNc1nc(OCC)nc(-c2ccc(Cl)s2)n1. The second-order valence-corrected chi connectivity index (χ2v) is 5.44. The van der Waals surface area contributed by atoms with E-state index >= 15 is 0 Å². The summed E-state index contributed by atoms with van der Waals surface area (Å²) in [7, 11) is 0. The molecule has 102 valence electrons. The first kappa shape index (κ1) is 14.0. The number of halogens is 1. The van der Waals surface area contributed by atoms with Crippen LogP contribution in [0, 0.1) is 0 Å². The Labute approximate surface area is 121 Å². The number of thiophene rings is 1. The van der Waals surface area contributed by atoms with Gasteiger partial charge in [0.1, 0.15) is 0 Å². The van der Waals surface area contributed by atoms with Crippen molar-refractivity contribution < 1.29 is 4.74 Å². The summed E-state index contributed by atoms with van der Waals surface area (Å²) in [6.07, 6.45) is 0.996. The molecule has 0 radical (unpaired) electrons. The van der Waals surface area contributed by atoms with Gasteiger partial charge < -0.3 is 10.1 Å². The third-order valence-electron chi connectivity index (χ3n) is 2.22. The van der Waals surface area contributed by atoms with Gasteiger partial charge in [0.2, 0.25) is 5.95 Å². The number of nitrogens with one attached hydrogen (secondary N) is 1. The average molecular weight is 299 g/mol. The first-order valence-corrected chi connectivity index (χ1v) is 7.30. The minimum absolute atomic E-state index is 0.329. The van der Waals surface area contributed by atoms with Crippen molar-refractivity contribution in [2.45, 2.75) is 20.3 Å². The van der Waals surface area contributed by atoms with Crippen molar-refractivity contribution in [2.24, 2.45) is 0 Å². The quantitative estimate of drug-likeness (QED) is 0.885. The van der Waals surface area contributed by atoms with Crippen LogP contribution < -0.4 is 10.1 Å². The predicted molar refractivity (Wildman–Crippen MR) is 78.1 cm³/mol. The molecule has 0 atom stereocenters. The van der Waals surface area contributed by atoms with Crippen molar-refractivity contribution in [1.29, 1.82) is 0 Å². The molecule has 0 saturated carbocycles. The Morgan fingerprint density at radius 1 is 1.26 bits per heavy atom. The Morgan fingerprint density at radius 3 is 2.74 bits per heavy atom. The van der Waals surface area contributed by atoms with Gasteiger partial charge in [-0.25, -0.2) is 0 Å². The van der Waals surface area contributed by atoms with Crippen molar-refractivity contribution in [3.63, 3.8) is 0 Å². The third-order valence-corrected chi connectivity index (χ3v) is 3.44. The number of nitrogens with zero attached hydrogens (tertiary/aromatic N) is 3. The lowest BCUT2D eigenvalue weighted by molar-refractivity contribution is 0.312. The lowest BCUT2D eigenvalue weighted by atomic mass is 10.4. The molecular weight excluding hydrogens is 284 g/mol. The van der Waals surface area contributed by atoms with Crippen LogP contribution in [-0.4, -0.2) is 28.1 Å². The number of rotatable bonds is 6. The molecule has 2 aromatic heterocycles. The zero-order chi connectivity index (χ0) is 13.7. The summed E-state index contributed by atoms with van der Waals surface area (Å²) in [5.74, 6) is 1.11. The Kier molecular flexibility index (Phi) is 4.93. The summed E-state index contributed by atoms with van der Waals surface area (Å²) in [5, 5.41) is 3.14. The van der Waals surface area contributed by atoms with Gasteiger partial charge in [-0.3, -0.25) is 0 Å². The predicted octanol–water partition coefficient (Wildman–Crippen LogP) is 3.47. The van der Waals surface area contributed by atoms with Crippen LogP contribution >= 0.6 is 22.9 Å². The molecule has 0 unspecified atom stereocenters. The van der Waals surface area contributed by atoms with Gasteiger partial charge in [0.05, 0.1) is 15.8 Å². The van der Waals surface area contributed by atoms with Crippen LogP contribution in [0.3, 0.4) is 0 Å². The van der Waals surface area contributed by atoms with Gasteiger partial charge in [-0.2, -0.15) is 15.0 Å². The standard InChI is InChI=1S/C12H15ClN4OS/c1-3-7-14-11-15-10(8-5-6-9(13)19-8)16-12(17-11)18-4-2/h5-6H,3-4,7H2,1-2H3,(H,14,15,16,17). The van der Waals surface area contributed by atoms with E-state index in [1.807, 2.05) is 19.1 Å². The van der Waals surface area contributed by atoms with Crippen LogP contribution in [0.2, 0.25) is 4.34 Å². The molecule has 0 spiro atoms. The lowest BCUT2D eigenvalue weighted by Gasteiger charge is -2.07. The largest absolute Gasteiger partial charge is 0.464 e. The van der Waals surface area contributed by atoms with Gasteiger partial charge in [-0.05, 0) is 25.5 Å². The number of anilines is 1. The molecule has 0 bridgehead atoms. The normalized spacial score (nSPS) is 10.5. The van der Waals surface area contributed by atoms with Crippen molar-refractivity contribution >= 4 is 28.9 Å². The van der Waals surface area contributed by atoms with Gasteiger partial charge in [-0.1, -0.05) is 18.5 Å². The van der Waals surface area contributed by atoms with Crippen LogP contribution in [-0.2, 0) is 0 Å². The van der Waals surface area contributed by atoms with E-state index < -0.39 is 0 Å². The van der Waals surface area contributed by atoms with E-state index in [1.54, 1.807) is 0 Å². The van der Waals surface area contributed by atoms with Gasteiger partial charge in [0, 0.05) is 6.54 Å². The molecule has 7 heteroatoms. The zero-order valence-electron chi connectivity index (χ0n) is 10.8. The third kappa shape index (κ3) is 3.78. The molecule has 5 nitrogen and oxygen atoms in total. The number of hydrogen-bond donors (Lipinski definition) is 1. The molecule has 0 aliphatic heterocycles. The highest BCUT2D eigenvalue weighted by Gasteiger charge is 2.10. The van der Waals surface area contributed by atoms with Crippen LogP contribution in [0.25, 0.3) is 10.7 Å². The maximum atomic E-state index is 5.94. The Hall–Kier alpha value is -1.40. The molecule has 0 aliphatic carbocycles. The van der Waals surface area contributed by atoms with E-state index in [0.717, 1.165) is 17.8 Å². The van der Waals surface area contributed by atoms with Crippen molar-refractivity contribution in [3.05, 3.63) is 16.5 Å². The molecule has 2 rings (SSSR count). The highest BCUT2D eigenvalue weighted by molar-refractivity contribution is 7.19. The molecule has 1 N–H and O–H groups in total. The summed E-state index contributed by atoms with van der Waals surface area (Å²) in [4.78, 5) is 13.8. The van der Waals surface area contributed by atoms with E-state index in [9.17, 15) is 0 Å². The smallest absolute Gasteiger partial charge is 0.321 e. The first-order valence-electron chi connectivity index (χ1n) is 6.11. The van der Waals surface area contributed by atoms with Crippen LogP contribution in [0.1, 0.15) is 20.3 Å². The second kappa shape index (κ2) is 6.68. The maximum absolute atomic E-state index is 5.94. The van der Waals surface area contributed by atoms with E-state index in [0.29, 0.717) is 28.7 Å². The molecular formula is C12H15ClN4OS. The highest BCUT2D eigenvalue weighted by atomic mass is 35.5. The Bertz CT molecular complexity index is 546. The van der Waals surface area contributed by atoms with E-state index in [4.69, 9.17) is 16.3 Å². The van der Waals surface area contributed by atoms with Gasteiger partial charge in [-0.15, -0.1) is 11.3 Å². The number of aromatic nitrogens is 3. The average Bonchev–Trinajstić information content (AvgIpc) is 2.83. The number of hydrogen-bond acceptors (Lipinski definition) is 6. The fourth-order valence-electron chi connectivity index (χ4n) is 1.41. The molecule has 2 aromatic rings. The van der Waals surface area contributed by atoms with Gasteiger partial charge in [0.25, 0.3) is 0 Å². The van der Waals surface area contributed by atoms with Crippen molar-refractivity contribution in [2.75, 3.05) is 18.5 Å². The summed E-state index contributed by atoms with van der Waals surface area (Å²) in [5.41, 5.74) is 0. The maximum Gasteiger partial charge on any atom is 0.321 e. The second-order valence-electron chi connectivity index (χ2n) is 3.73. The van der Waals surface area contributed by atoms with Crippen molar-refractivity contribution in [3.8, 4) is 16.7 Å². The molecule has 0 amide bonds. The first-order chi connectivity index (χ1) is 9.22. The molecule has 0 aliphatic rings. The van der Waals surface area contributed by atoms with Crippen molar-refractivity contribution in [1.82, 2.24) is 15.0 Å². The van der Waals surface area contributed by atoms with E-state index in [2.05, 4.69) is 27.2 Å². The van der Waals surface area contributed by atoms with Crippen LogP contribution in [0.15, 0.2) is 12.1 Å². The minimum Gasteiger partial charge on any atom is -0.464 e. The van der Waals surface area contributed by atoms with Gasteiger partial charge in [0.15, 0.2) is 5.82 Å². The minimum atomic E-state index is 0.329. The Morgan fingerprint density at radius 2 is 2.11 bits per heavy atom. The summed E-state index contributed by atoms with van der Waals surface area (Å²) >= 11 is 7.36. The number of ether oxygens (including phenoxy) is 1.